The molecule has 0 fully saturated rings. The maximum Gasteiger partial charge on any atom is 0.573 e. The number of ether oxygens (including phenoxy) is 1. The molecule has 2 aromatic carbocycles. The molecule has 4 nitrogen and oxygen atoms in total. The normalized spacial score (nSPS) is 14.1. The van der Waals surface area contributed by atoms with Crippen LogP contribution in [0.2, 0.25) is 0 Å². The van der Waals surface area contributed by atoms with Crippen LogP contribution in [-0.4, -0.2) is 16.2 Å². The molecule has 3 aromatic rings. The van der Waals surface area contributed by atoms with E-state index in [1.165, 1.54) is 28.8 Å². The SMILES string of the molecule is Cc1cc(-c2ccc(N)nc2)cc2c1CN(Cc1ccc(OC(F)(F)F)cc1)C2. The third-order valence-electron chi connectivity index (χ3n) is 5.02. The van der Waals surface area contributed by atoms with Gasteiger partial charge in [-0.3, -0.25) is 4.90 Å². The molecule has 4 rings (SSSR count). The summed E-state index contributed by atoms with van der Waals surface area (Å²) in [5.74, 6) is 0.285. The summed E-state index contributed by atoms with van der Waals surface area (Å²) in [5, 5.41) is 0. The van der Waals surface area contributed by atoms with Gasteiger partial charge in [0.25, 0.3) is 0 Å². The van der Waals surface area contributed by atoms with E-state index < -0.39 is 6.36 Å². The summed E-state index contributed by atoms with van der Waals surface area (Å²) >= 11 is 0. The lowest BCUT2D eigenvalue weighted by molar-refractivity contribution is -0.274. The molecular weight excluding hydrogens is 379 g/mol. The Balaban J connectivity index is 1.47. The molecule has 0 saturated heterocycles. The largest absolute Gasteiger partial charge is 0.573 e. The number of nitrogens with two attached hydrogens (primary N) is 1. The van der Waals surface area contributed by atoms with Crippen molar-refractivity contribution >= 4 is 5.82 Å². The number of aromatic nitrogens is 1. The van der Waals surface area contributed by atoms with E-state index in [1.54, 1.807) is 24.4 Å². The number of anilines is 1. The third-order valence-corrected chi connectivity index (χ3v) is 5.02. The first-order chi connectivity index (χ1) is 13.8. The highest BCUT2D eigenvalue weighted by Crippen LogP contribution is 2.32. The van der Waals surface area contributed by atoms with Crippen LogP contribution in [0.5, 0.6) is 5.75 Å². The number of nitrogen functional groups attached to an aromatic ring is 1. The van der Waals surface area contributed by atoms with E-state index in [0.29, 0.717) is 12.4 Å². The van der Waals surface area contributed by atoms with E-state index in [0.717, 1.165) is 29.8 Å². The number of rotatable bonds is 4. The van der Waals surface area contributed by atoms with Crippen molar-refractivity contribution in [2.45, 2.75) is 32.9 Å². The highest BCUT2D eigenvalue weighted by Gasteiger charge is 2.31. The van der Waals surface area contributed by atoms with Gasteiger partial charge in [0.2, 0.25) is 0 Å². The van der Waals surface area contributed by atoms with Crippen LogP contribution in [0, 0.1) is 6.92 Å². The van der Waals surface area contributed by atoms with E-state index in [1.807, 2.05) is 6.07 Å². The van der Waals surface area contributed by atoms with Crippen molar-refractivity contribution in [2.75, 3.05) is 5.73 Å². The van der Waals surface area contributed by atoms with E-state index >= 15 is 0 Å². The van der Waals surface area contributed by atoms with Crippen molar-refractivity contribution in [3.05, 3.63) is 77.0 Å². The molecule has 1 aromatic heterocycles. The number of benzene rings is 2. The lowest BCUT2D eigenvalue weighted by Crippen LogP contribution is -2.17. The van der Waals surface area contributed by atoms with E-state index in [9.17, 15) is 13.2 Å². The first kappa shape index (κ1) is 19.3. The molecule has 0 bridgehead atoms. The van der Waals surface area contributed by atoms with Gasteiger partial charge in [0.1, 0.15) is 11.6 Å². The zero-order valence-corrected chi connectivity index (χ0v) is 15.8. The van der Waals surface area contributed by atoms with Crippen LogP contribution in [-0.2, 0) is 19.6 Å². The van der Waals surface area contributed by atoms with Crippen LogP contribution in [0.4, 0.5) is 19.0 Å². The highest BCUT2D eigenvalue weighted by molar-refractivity contribution is 5.66. The maximum absolute atomic E-state index is 12.3. The molecule has 1 aliphatic rings. The molecule has 0 saturated carbocycles. The number of halogens is 3. The summed E-state index contributed by atoms with van der Waals surface area (Å²) in [5.41, 5.74) is 12.5. The molecule has 1 aliphatic heterocycles. The Bertz CT molecular complexity index is 1020. The number of pyridine rings is 1. The van der Waals surface area contributed by atoms with Crippen LogP contribution in [0.3, 0.4) is 0 Å². The average molecular weight is 399 g/mol. The molecule has 0 amide bonds. The summed E-state index contributed by atoms with van der Waals surface area (Å²) in [4.78, 5) is 6.43. The van der Waals surface area contributed by atoms with E-state index in [4.69, 9.17) is 5.73 Å². The van der Waals surface area contributed by atoms with Gasteiger partial charge in [-0.1, -0.05) is 18.2 Å². The predicted molar refractivity (Wildman–Crippen MR) is 105 cm³/mol. The van der Waals surface area contributed by atoms with Gasteiger partial charge in [0.05, 0.1) is 0 Å². The van der Waals surface area contributed by atoms with Crippen LogP contribution < -0.4 is 10.5 Å². The smallest absolute Gasteiger partial charge is 0.406 e. The second-order valence-corrected chi connectivity index (χ2v) is 7.24. The van der Waals surface area contributed by atoms with Gasteiger partial charge in [-0.2, -0.15) is 0 Å². The average Bonchev–Trinajstić information content (AvgIpc) is 3.06. The summed E-state index contributed by atoms with van der Waals surface area (Å²) < 4.78 is 40.8. The zero-order valence-electron chi connectivity index (χ0n) is 15.8. The number of hydrogen-bond acceptors (Lipinski definition) is 4. The number of alkyl halides is 3. The first-order valence-electron chi connectivity index (χ1n) is 9.18. The highest BCUT2D eigenvalue weighted by atomic mass is 19.4. The second kappa shape index (κ2) is 7.40. The standard InChI is InChI=1S/C22H20F3N3O/c1-14-8-17(16-4-7-21(26)27-10-16)9-18-12-28(13-20(14)18)11-15-2-5-19(6-3-15)29-22(23,24)25/h2-10H,11-13H2,1H3,(H2,26,27). The molecular formula is C22H20F3N3O. The van der Waals surface area contributed by atoms with Crippen molar-refractivity contribution < 1.29 is 17.9 Å². The van der Waals surface area contributed by atoms with Gasteiger partial charge in [0.15, 0.2) is 0 Å². The molecule has 150 valence electrons. The molecule has 0 unspecified atom stereocenters. The maximum atomic E-state index is 12.3. The minimum Gasteiger partial charge on any atom is -0.406 e. The van der Waals surface area contributed by atoms with Gasteiger partial charge in [-0.25, -0.2) is 4.98 Å². The Morgan fingerprint density at radius 2 is 1.79 bits per heavy atom. The van der Waals surface area contributed by atoms with Gasteiger partial charge in [0, 0.05) is 31.4 Å². The van der Waals surface area contributed by atoms with E-state index in [2.05, 4.69) is 33.7 Å². The molecule has 2 N–H and O–H groups in total. The topological polar surface area (TPSA) is 51.4 Å². The first-order valence-corrected chi connectivity index (χ1v) is 9.18. The molecule has 2 heterocycles. The fraction of sp³-hybridized carbons (Fsp3) is 0.227. The number of aryl methyl sites for hydroxylation is 1. The zero-order chi connectivity index (χ0) is 20.6. The van der Waals surface area contributed by atoms with Gasteiger partial charge in [-0.05, 0) is 65.1 Å². The Hall–Kier alpha value is -3.06. The molecule has 29 heavy (non-hydrogen) atoms. The quantitative estimate of drug-likeness (QED) is 0.667. The van der Waals surface area contributed by atoms with Crippen molar-refractivity contribution in [3.8, 4) is 16.9 Å². The Morgan fingerprint density at radius 1 is 1.03 bits per heavy atom. The molecule has 0 radical (unpaired) electrons. The number of fused-ring (bicyclic) bond motifs is 1. The molecule has 0 spiro atoms. The number of nitrogens with zero attached hydrogens (tertiary/aromatic N) is 2. The van der Waals surface area contributed by atoms with E-state index in [-0.39, 0.29) is 5.75 Å². The minimum absolute atomic E-state index is 0.205. The Morgan fingerprint density at radius 3 is 2.45 bits per heavy atom. The molecule has 7 heteroatoms. The monoisotopic (exact) mass is 399 g/mol. The fourth-order valence-electron chi connectivity index (χ4n) is 3.69. The summed E-state index contributed by atoms with van der Waals surface area (Å²) in [6.07, 6.45) is -2.90. The van der Waals surface area contributed by atoms with Crippen molar-refractivity contribution in [3.63, 3.8) is 0 Å². The predicted octanol–water partition coefficient (Wildman–Crippen LogP) is 5.05. The van der Waals surface area contributed by atoms with Gasteiger partial charge in [-0.15, -0.1) is 13.2 Å². The third kappa shape index (κ3) is 4.51. The van der Waals surface area contributed by atoms with Gasteiger partial charge >= 0.3 is 6.36 Å². The van der Waals surface area contributed by atoms with Crippen LogP contribution >= 0.6 is 0 Å². The summed E-state index contributed by atoms with van der Waals surface area (Å²) in [7, 11) is 0. The lowest BCUT2D eigenvalue weighted by atomic mass is 9.97. The van der Waals surface area contributed by atoms with Gasteiger partial charge < -0.3 is 10.5 Å². The van der Waals surface area contributed by atoms with Crippen LogP contribution in [0.15, 0.2) is 54.7 Å². The summed E-state index contributed by atoms with van der Waals surface area (Å²) in [6.45, 7) is 4.34. The Kier molecular flexibility index (Phi) is 4.92. The van der Waals surface area contributed by atoms with Crippen molar-refractivity contribution in [1.29, 1.82) is 0 Å². The Labute approximate surface area is 166 Å². The number of hydrogen-bond donors (Lipinski definition) is 1. The second-order valence-electron chi connectivity index (χ2n) is 7.24. The van der Waals surface area contributed by atoms with Crippen LogP contribution in [0.1, 0.15) is 22.3 Å². The lowest BCUT2D eigenvalue weighted by Gasteiger charge is -2.15. The summed E-state index contributed by atoms with van der Waals surface area (Å²) in [6, 6.07) is 14.1. The van der Waals surface area contributed by atoms with Crippen molar-refractivity contribution in [1.82, 2.24) is 9.88 Å². The molecule has 0 aliphatic carbocycles. The van der Waals surface area contributed by atoms with Crippen LogP contribution in [0.25, 0.3) is 11.1 Å². The fourth-order valence-corrected chi connectivity index (χ4v) is 3.69. The minimum atomic E-state index is -4.67. The molecule has 0 atom stereocenters. The van der Waals surface area contributed by atoms with Crippen molar-refractivity contribution in [2.24, 2.45) is 0 Å².